The van der Waals surface area contributed by atoms with Crippen LogP contribution in [0, 0.1) is 23.8 Å². The van der Waals surface area contributed by atoms with E-state index < -0.39 is 0 Å². The Labute approximate surface area is 204 Å². The van der Waals surface area contributed by atoms with Crippen LogP contribution in [-0.4, -0.2) is 12.1 Å². The van der Waals surface area contributed by atoms with E-state index in [1.54, 1.807) is 6.08 Å². The van der Waals surface area contributed by atoms with Crippen LogP contribution in [0.4, 0.5) is 5.69 Å². The number of nitriles is 1. The SMILES string of the molecule is [C-]#[N+]/C(C#N)=C1C=C(/C=C/c2cc3c4c(c2)C(C)(C)CCN4C(C)(C)CC3C)OC(C(C)C)=C\1. The van der Waals surface area contributed by atoms with Gasteiger partial charge in [-0.25, -0.2) is 10.1 Å². The maximum Gasteiger partial charge on any atom is 0.269 e. The molecule has 4 heteroatoms. The first-order valence-corrected chi connectivity index (χ1v) is 12.2. The van der Waals surface area contributed by atoms with E-state index in [9.17, 15) is 5.26 Å². The number of hydrogen-bond acceptors (Lipinski definition) is 3. The maximum atomic E-state index is 9.36. The molecule has 0 radical (unpaired) electrons. The molecule has 0 saturated carbocycles. The summed E-state index contributed by atoms with van der Waals surface area (Å²) in [6.07, 6.45) is 9.96. The normalized spacial score (nSPS) is 23.9. The Morgan fingerprint density at radius 2 is 1.97 bits per heavy atom. The van der Waals surface area contributed by atoms with Gasteiger partial charge in [-0.2, -0.15) is 0 Å². The lowest BCUT2D eigenvalue weighted by atomic mass is 9.69. The molecule has 3 heterocycles. The fraction of sp³-hybridized carbons (Fsp3) is 0.467. The Morgan fingerprint density at radius 1 is 1.24 bits per heavy atom. The molecule has 1 aromatic carbocycles. The van der Waals surface area contributed by atoms with Crippen LogP contribution in [0.3, 0.4) is 0 Å². The molecule has 1 aromatic rings. The minimum Gasteiger partial charge on any atom is -0.462 e. The molecule has 0 amide bonds. The van der Waals surface area contributed by atoms with Crippen LogP contribution in [-0.2, 0) is 10.2 Å². The minimum atomic E-state index is 0.0869. The Bertz CT molecular complexity index is 1210. The summed E-state index contributed by atoms with van der Waals surface area (Å²) < 4.78 is 6.11. The zero-order valence-electron chi connectivity index (χ0n) is 21.5. The van der Waals surface area contributed by atoms with E-state index in [-0.39, 0.29) is 22.6 Å². The van der Waals surface area contributed by atoms with E-state index in [2.05, 4.69) is 62.6 Å². The van der Waals surface area contributed by atoms with Gasteiger partial charge >= 0.3 is 0 Å². The average molecular weight is 454 g/mol. The van der Waals surface area contributed by atoms with Crippen molar-refractivity contribution in [3.63, 3.8) is 0 Å². The van der Waals surface area contributed by atoms with Crippen molar-refractivity contribution in [1.82, 2.24) is 0 Å². The number of rotatable bonds is 3. The van der Waals surface area contributed by atoms with Crippen LogP contribution in [0.15, 0.2) is 53.1 Å². The summed E-state index contributed by atoms with van der Waals surface area (Å²) in [6, 6.07) is 6.69. The van der Waals surface area contributed by atoms with Crippen molar-refractivity contribution in [3.8, 4) is 6.07 Å². The highest BCUT2D eigenvalue weighted by atomic mass is 16.5. The summed E-state index contributed by atoms with van der Waals surface area (Å²) in [5.74, 6) is 2.07. The molecular weight excluding hydrogens is 418 g/mol. The van der Waals surface area contributed by atoms with Crippen molar-refractivity contribution in [3.05, 3.63) is 81.3 Å². The molecule has 0 saturated heterocycles. The van der Waals surface area contributed by atoms with E-state index in [0.29, 0.717) is 17.3 Å². The molecule has 3 aliphatic rings. The second-order valence-corrected chi connectivity index (χ2v) is 11.4. The van der Waals surface area contributed by atoms with Gasteiger partial charge in [0.25, 0.3) is 5.70 Å². The molecule has 34 heavy (non-hydrogen) atoms. The fourth-order valence-corrected chi connectivity index (χ4v) is 5.56. The van der Waals surface area contributed by atoms with Gasteiger partial charge in [-0.05, 0) is 90.6 Å². The van der Waals surface area contributed by atoms with Crippen molar-refractivity contribution in [1.29, 1.82) is 5.26 Å². The van der Waals surface area contributed by atoms with Crippen LogP contribution >= 0.6 is 0 Å². The zero-order chi connectivity index (χ0) is 24.8. The fourth-order valence-electron chi connectivity index (χ4n) is 5.56. The number of hydrogen-bond donors (Lipinski definition) is 0. The topological polar surface area (TPSA) is 40.6 Å². The van der Waals surface area contributed by atoms with Crippen LogP contribution < -0.4 is 4.90 Å². The van der Waals surface area contributed by atoms with Gasteiger partial charge in [0, 0.05) is 23.7 Å². The predicted octanol–water partition coefficient (Wildman–Crippen LogP) is 7.62. The first-order valence-electron chi connectivity index (χ1n) is 12.2. The Kier molecular flexibility index (Phi) is 5.99. The molecule has 0 fully saturated rings. The summed E-state index contributed by atoms with van der Waals surface area (Å²) in [6.45, 7) is 24.3. The highest BCUT2D eigenvalue weighted by molar-refractivity contribution is 5.72. The third-order valence-corrected chi connectivity index (χ3v) is 7.52. The highest BCUT2D eigenvalue weighted by Gasteiger charge is 2.43. The molecule has 0 spiro atoms. The first-order chi connectivity index (χ1) is 16.0. The summed E-state index contributed by atoms with van der Waals surface area (Å²) in [5, 5.41) is 9.36. The quantitative estimate of drug-likeness (QED) is 0.349. The monoisotopic (exact) mass is 453 g/mol. The van der Waals surface area contributed by atoms with Gasteiger partial charge in [-0.1, -0.05) is 40.7 Å². The number of ether oxygens (including phenoxy) is 1. The number of anilines is 1. The van der Waals surface area contributed by atoms with Gasteiger partial charge in [0.05, 0.1) is 12.6 Å². The van der Waals surface area contributed by atoms with E-state index in [4.69, 9.17) is 11.3 Å². The third-order valence-electron chi connectivity index (χ3n) is 7.52. The first kappa shape index (κ1) is 23.9. The molecule has 176 valence electrons. The van der Waals surface area contributed by atoms with Crippen molar-refractivity contribution in [2.45, 2.75) is 78.2 Å². The van der Waals surface area contributed by atoms with Crippen LogP contribution in [0.25, 0.3) is 10.9 Å². The van der Waals surface area contributed by atoms with E-state index >= 15 is 0 Å². The van der Waals surface area contributed by atoms with Crippen molar-refractivity contribution in [2.75, 3.05) is 11.4 Å². The molecule has 0 aromatic heterocycles. The van der Waals surface area contributed by atoms with Crippen LogP contribution in [0.2, 0.25) is 0 Å². The molecule has 1 atom stereocenters. The predicted molar refractivity (Wildman–Crippen MR) is 139 cm³/mol. The van der Waals surface area contributed by atoms with Gasteiger partial charge in [0.2, 0.25) is 0 Å². The zero-order valence-corrected chi connectivity index (χ0v) is 21.5. The largest absolute Gasteiger partial charge is 0.462 e. The van der Waals surface area contributed by atoms with Gasteiger partial charge in [0.1, 0.15) is 11.5 Å². The summed E-state index contributed by atoms with van der Waals surface area (Å²) >= 11 is 0. The van der Waals surface area contributed by atoms with Gasteiger partial charge in [0.15, 0.2) is 0 Å². The molecule has 0 N–H and O–H groups in total. The third kappa shape index (κ3) is 4.19. The summed E-state index contributed by atoms with van der Waals surface area (Å²) in [4.78, 5) is 6.02. The molecule has 3 aliphatic heterocycles. The molecule has 4 nitrogen and oxygen atoms in total. The molecule has 1 unspecified atom stereocenters. The number of nitrogens with zero attached hydrogens (tertiary/aromatic N) is 3. The van der Waals surface area contributed by atoms with E-state index in [0.717, 1.165) is 30.7 Å². The molecule has 4 rings (SSSR count). The smallest absolute Gasteiger partial charge is 0.269 e. The highest BCUT2D eigenvalue weighted by Crippen LogP contribution is 2.52. The molecule has 0 bridgehead atoms. The lowest BCUT2D eigenvalue weighted by Crippen LogP contribution is -2.53. The summed E-state index contributed by atoms with van der Waals surface area (Å²) in [5.41, 5.74) is 6.46. The summed E-state index contributed by atoms with van der Waals surface area (Å²) in [7, 11) is 0. The lowest BCUT2D eigenvalue weighted by molar-refractivity contribution is 0.275. The number of allylic oxidation sites excluding steroid dienone is 6. The van der Waals surface area contributed by atoms with Crippen molar-refractivity contribution < 1.29 is 4.74 Å². The van der Waals surface area contributed by atoms with Crippen LogP contribution in [0.1, 0.15) is 83.9 Å². The van der Waals surface area contributed by atoms with Gasteiger partial charge in [-0.3, -0.25) is 0 Å². The maximum absolute atomic E-state index is 9.36. The van der Waals surface area contributed by atoms with E-state index in [1.807, 2.05) is 32.1 Å². The van der Waals surface area contributed by atoms with Crippen LogP contribution in [0.5, 0.6) is 0 Å². The van der Waals surface area contributed by atoms with E-state index in [1.165, 1.54) is 16.8 Å². The molecule has 0 aliphatic carbocycles. The Morgan fingerprint density at radius 3 is 2.62 bits per heavy atom. The second kappa shape index (κ2) is 8.52. The minimum absolute atomic E-state index is 0.0869. The number of benzene rings is 1. The average Bonchev–Trinajstić information content (AvgIpc) is 2.77. The van der Waals surface area contributed by atoms with Crippen molar-refractivity contribution >= 4 is 11.8 Å². The second-order valence-electron chi connectivity index (χ2n) is 11.4. The van der Waals surface area contributed by atoms with Gasteiger partial charge in [-0.15, -0.1) is 0 Å². The Hall–Kier alpha value is -3.24. The lowest BCUT2D eigenvalue weighted by Gasteiger charge is -2.53. The van der Waals surface area contributed by atoms with Crippen molar-refractivity contribution in [2.24, 2.45) is 5.92 Å². The standard InChI is InChI=1S/C30H35N3O/c1-19(2)27-16-22(26(18-31)32-8)15-23(34-27)10-9-21-13-24-20(3)17-30(6,7)33-12-11-29(4,5)25(14-21)28(24)33/h9-10,13-16,19-20H,11-12,17H2,1-7H3/b10-9+,26-22+. The Balaban J connectivity index is 1.77. The molecular formula is C30H35N3O. The van der Waals surface area contributed by atoms with Gasteiger partial charge < -0.3 is 9.64 Å².